The zero-order chi connectivity index (χ0) is 12.4. The Morgan fingerprint density at radius 1 is 1.22 bits per heavy atom. The quantitative estimate of drug-likeness (QED) is 0.729. The zero-order valence-electron chi connectivity index (χ0n) is 10.9. The van der Waals surface area contributed by atoms with Gasteiger partial charge >= 0.3 is 0 Å². The molecule has 6 atom stereocenters. The van der Waals surface area contributed by atoms with Crippen LogP contribution in [0.5, 0.6) is 0 Å². The van der Waals surface area contributed by atoms with E-state index in [1.54, 1.807) is 0 Å². The summed E-state index contributed by atoms with van der Waals surface area (Å²) < 4.78 is 0. The van der Waals surface area contributed by atoms with Crippen LogP contribution < -0.4 is 5.32 Å². The summed E-state index contributed by atoms with van der Waals surface area (Å²) in [5.74, 6) is 3.68. The maximum Gasteiger partial charge on any atom is 0.226 e. The molecule has 0 spiro atoms. The zero-order valence-corrected chi connectivity index (χ0v) is 10.9. The van der Waals surface area contributed by atoms with Crippen molar-refractivity contribution in [3.63, 3.8) is 0 Å². The van der Waals surface area contributed by atoms with E-state index in [4.69, 9.17) is 0 Å². The Balaban J connectivity index is 1.45. The summed E-state index contributed by atoms with van der Waals surface area (Å²) in [6.45, 7) is 1.35. The molecular weight excluding hydrogens is 228 g/mol. The summed E-state index contributed by atoms with van der Waals surface area (Å²) in [6, 6.07) is -0.0171. The van der Waals surface area contributed by atoms with E-state index < -0.39 is 6.10 Å². The molecule has 2 N–H and O–H groups in total. The molecule has 4 aliphatic rings. The third kappa shape index (κ3) is 1.36. The molecule has 4 unspecified atom stereocenters. The fourth-order valence-corrected chi connectivity index (χ4v) is 5.10. The second-order valence-electron chi connectivity index (χ2n) is 6.76. The highest BCUT2D eigenvalue weighted by atomic mass is 16.3. The lowest BCUT2D eigenvalue weighted by Gasteiger charge is -2.27. The maximum atomic E-state index is 12.6. The second kappa shape index (κ2) is 3.70. The average Bonchev–Trinajstić information content (AvgIpc) is 2.72. The molecule has 1 amide bonds. The van der Waals surface area contributed by atoms with Crippen LogP contribution in [0, 0.1) is 29.6 Å². The van der Waals surface area contributed by atoms with Crippen LogP contribution in [0.1, 0.15) is 19.3 Å². The van der Waals surface area contributed by atoms with Gasteiger partial charge in [-0.25, -0.2) is 0 Å². The molecule has 1 heterocycles. The summed E-state index contributed by atoms with van der Waals surface area (Å²) >= 11 is 0. The molecule has 4 heteroatoms. The predicted octanol–water partition coefficient (Wildman–Crippen LogP) is 0.0696. The molecule has 4 fully saturated rings. The number of carbonyl (C=O) groups excluding carboxylic acids is 1. The molecule has 0 aromatic heterocycles. The third-order valence-electron chi connectivity index (χ3n) is 6.02. The van der Waals surface area contributed by atoms with Gasteiger partial charge in [-0.3, -0.25) is 4.79 Å². The number of carbonyl (C=O) groups is 1. The van der Waals surface area contributed by atoms with Crippen LogP contribution in [-0.2, 0) is 4.79 Å². The van der Waals surface area contributed by atoms with Crippen molar-refractivity contribution in [2.24, 2.45) is 29.6 Å². The lowest BCUT2D eigenvalue weighted by molar-refractivity contribution is -0.135. The SMILES string of the molecule is CN(C(=O)C1C2C3CCC(C3)C12)[C@@H]1CNC[C@H]1O. The molecule has 0 aromatic rings. The van der Waals surface area contributed by atoms with Crippen molar-refractivity contribution in [2.45, 2.75) is 31.4 Å². The van der Waals surface area contributed by atoms with Crippen LogP contribution in [0.2, 0.25) is 0 Å². The first kappa shape index (κ1) is 11.2. The molecule has 4 rings (SSSR count). The fraction of sp³-hybridized carbons (Fsp3) is 0.929. The van der Waals surface area contributed by atoms with Crippen molar-refractivity contribution in [3.05, 3.63) is 0 Å². The van der Waals surface area contributed by atoms with Crippen LogP contribution in [0.15, 0.2) is 0 Å². The highest BCUT2D eigenvalue weighted by Gasteiger charge is 2.68. The van der Waals surface area contributed by atoms with Crippen molar-refractivity contribution in [1.29, 1.82) is 0 Å². The Labute approximate surface area is 108 Å². The Morgan fingerprint density at radius 3 is 2.44 bits per heavy atom. The van der Waals surface area contributed by atoms with Gasteiger partial charge < -0.3 is 15.3 Å². The summed E-state index contributed by atoms with van der Waals surface area (Å²) in [5, 5.41) is 13.0. The minimum Gasteiger partial charge on any atom is -0.390 e. The standard InChI is InChI=1S/C14H22N2O2/c1-16(9-5-15-6-10(9)17)14(18)13-11-7-2-3-8(4-7)12(11)13/h7-13,15,17H,2-6H2,1H3/t7?,8?,9-,10-,11?,12?,13?/m1/s1. The Hall–Kier alpha value is -0.610. The molecule has 1 saturated heterocycles. The molecule has 0 radical (unpaired) electrons. The molecule has 18 heavy (non-hydrogen) atoms. The summed E-state index contributed by atoms with van der Waals surface area (Å²) in [6.07, 6.45) is 3.70. The van der Waals surface area contributed by atoms with Gasteiger partial charge in [0.15, 0.2) is 0 Å². The Kier molecular flexibility index (Phi) is 2.31. The highest BCUT2D eigenvalue weighted by Crippen LogP contribution is 2.69. The van der Waals surface area contributed by atoms with Crippen LogP contribution in [0.3, 0.4) is 0 Å². The lowest BCUT2D eigenvalue weighted by Crippen LogP contribution is -2.45. The number of hydrogen-bond acceptors (Lipinski definition) is 3. The third-order valence-corrected chi connectivity index (χ3v) is 6.02. The Bertz CT molecular complexity index is 366. The van der Waals surface area contributed by atoms with Crippen molar-refractivity contribution < 1.29 is 9.90 Å². The number of hydrogen-bond donors (Lipinski definition) is 2. The van der Waals surface area contributed by atoms with Crippen LogP contribution in [-0.4, -0.2) is 48.2 Å². The van der Waals surface area contributed by atoms with E-state index in [-0.39, 0.29) is 6.04 Å². The minimum absolute atomic E-state index is 0.0171. The average molecular weight is 250 g/mol. The molecule has 2 bridgehead atoms. The van der Waals surface area contributed by atoms with Crippen molar-refractivity contribution in [3.8, 4) is 0 Å². The number of likely N-dealkylation sites (N-methyl/N-ethyl adjacent to an activating group) is 1. The number of amides is 1. The van der Waals surface area contributed by atoms with E-state index in [0.717, 1.165) is 18.4 Å². The van der Waals surface area contributed by atoms with Gasteiger partial charge in [0.1, 0.15) is 0 Å². The van der Waals surface area contributed by atoms with E-state index in [2.05, 4.69) is 5.32 Å². The largest absolute Gasteiger partial charge is 0.390 e. The fourth-order valence-electron chi connectivity index (χ4n) is 5.10. The van der Waals surface area contributed by atoms with E-state index in [0.29, 0.717) is 30.2 Å². The minimum atomic E-state index is -0.394. The molecule has 4 nitrogen and oxygen atoms in total. The van der Waals surface area contributed by atoms with Gasteiger partial charge in [-0.2, -0.15) is 0 Å². The first-order chi connectivity index (χ1) is 8.68. The Morgan fingerprint density at radius 2 is 1.89 bits per heavy atom. The molecule has 3 aliphatic carbocycles. The number of β-amino-alcohol motifs (C(OH)–C–C–N with tert-alkyl or cyclic N) is 1. The van der Waals surface area contributed by atoms with E-state index >= 15 is 0 Å². The molecular formula is C14H22N2O2. The summed E-state index contributed by atoms with van der Waals surface area (Å²) in [7, 11) is 1.87. The van der Waals surface area contributed by atoms with E-state index in [1.165, 1.54) is 19.3 Å². The van der Waals surface area contributed by atoms with Gasteiger partial charge in [0.2, 0.25) is 5.91 Å². The second-order valence-corrected chi connectivity index (χ2v) is 6.76. The van der Waals surface area contributed by atoms with Crippen molar-refractivity contribution in [1.82, 2.24) is 10.2 Å². The lowest BCUT2D eigenvalue weighted by atomic mass is 10.0. The van der Waals surface area contributed by atoms with Crippen LogP contribution in [0.4, 0.5) is 0 Å². The van der Waals surface area contributed by atoms with Gasteiger partial charge in [-0.15, -0.1) is 0 Å². The monoisotopic (exact) mass is 250 g/mol. The number of rotatable bonds is 2. The predicted molar refractivity (Wildman–Crippen MR) is 66.7 cm³/mol. The van der Waals surface area contributed by atoms with Gasteiger partial charge in [-0.1, -0.05) is 0 Å². The number of aliphatic hydroxyl groups is 1. The van der Waals surface area contributed by atoms with Gasteiger partial charge in [0.05, 0.1) is 12.1 Å². The van der Waals surface area contributed by atoms with Crippen LogP contribution in [0.25, 0.3) is 0 Å². The topological polar surface area (TPSA) is 52.6 Å². The van der Waals surface area contributed by atoms with Crippen molar-refractivity contribution >= 4 is 5.91 Å². The number of fused-ring (bicyclic) bond motifs is 5. The molecule has 100 valence electrons. The number of aliphatic hydroxyl groups excluding tert-OH is 1. The van der Waals surface area contributed by atoms with Crippen LogP contribution >= 0.6 is 0 Å². The first-order valence-electron chi connectivity index (χ1n) is 7.34. The summed E-state index contributed by atoms with van der Waals surface area (Å²) in [5.41, 5.74) is 0. The first-order valence-corrected chi connectivity index (χ1v) is 7.34. The smallest absolute Gasteiger partial charge is 0.226 e. The molecule has 0 aromatic carbocycles. The number of nitrogens with zero attached hydrogens (tertiary/aromatic N) is 1. The maximum absolute atomic E-state index is 12.6. The van der Waals surface area contributed by atoms with Crippen molar-refractivity contribution in [2.75, 3.05) is 20.1 Å². The number of nitrogens with one attached hydrogen (secondary N) is 1. The normalized spacial score (nSPS) is 52.4. The highest BCUT2D eigenvalue weighted by molar-refractivity contribution is 5.83. The molecule has 1 aliphatic heterocycles. The van der Waals surface area contributed by atoms with Gasteiger partial charge in [0.25, 0.3) is 0 Å². The summed E-state index contributed by atoms with van der Waals surface area (Å²) in [4.78, 5) is 14.4. The van der Waals surface area contributed by atoms with E-state index in [9.17, 15) is 9.90 Å². The van der Waals surface area contributed by atoms with Gasteiger partial charge in [0, 0.05) is 26.1 Å². The molecule has 3 saturated carbocycles. The van der Waals surface area contributed by atoms with E-state index in [1.807, 2.05) is 11.9 Å². The van der Waals surface area contributed by atoms with Gasteiger partial charge in [-0.05, 0) is 42.9 Å².